The Kier molecular flexibility index (Phi) is 7.60. The number of anilines is 5. The first-order valence-corrected chi connectivity index (χ1v) is 13.6. The topological polar surface area (TPSA) is 126 Å². The summed E-state index contributed by atoms with van der Waals surface area (Å²) in [4.78, 5) is 26.2. The predicted molar refractivity (Wildman–Crippen MR) is 140 cm³/mol. The molecular formula is C25H29FN6O4S. The van der Waals surface area contributed by atoms with E-state index in [0.717, 1.165) is 24.7 Å². The van der Waals surface area contributed by atoms with Crippen LogP contribution in [0, 0.1) is 5.95 Å². The summed E-state index contributed by atoms with van der Waals surface area (Å²) in [6.07, 6.45) is 4.33. The first-order valence-electron chi connectivity index (χ1n) is 11.7. The van der Waals surface area contributed by atoms with E-state index >= 15 is 0 Å². The molecule has 10 nitrogen and oxygen atoms in total. The minimum Gasteiger partial charge on any atom is -0.353 e. The normalized spacial score (nSPS) is 13.4. The van der Waals surface area contributed by atoms with Crippen LogP contribution < -0.4 is 20.4 Å². The molecule has 0 bridgehead atoms. The maximum atomic E-state index is 13.6. The minimum atomic E-state index is -3.56. The third kappa shape index (κ3) is 6.71. The summed E-state index contributed by atoms with van der Waals surface area (Å²) in [5.74, 6) is -0.286. The van der Waals surface area contributed by atoms with Gasteiger partial charge in [-0.1, -0.05) is 12.1 Å². The van der Waals surface area contributed by atoms with E-state index in [-0.39, 0.29) is 23.3 Å². The molecule has 196 valence electrons. The molecule has 2 heterocycles. The molecule has 0 atom stereocenters. The van der Waals surface area contributed by atoms with Crippen molar-refractivity contribution in [3.8, 4) is 0 Å². The summed E-state index contributed by atoms with van der Waals surface area (Å²) < 4.78 is 39.6. The Balaban J connectivity index is 1.74. The molecule has 1 saturated carbocycles. The molecule has 3 aromatic rings. The van der Waals surface area contributed by atoms with Gasteiger partial charge in [-0.3, -0.25) is 13.9 Å². The van der Waals surface area contributed by atoms with Crippen LogP contribution in [0.2, 0.25) is 0 Å². The molecule has 12 heteroatoms. The highest BCUT2D eigenvalue weighted by Crippen LogP contribution is 2.43. The zero-order valence-electron chi connectivity index (χ0n) is 20.9. The number of benzene rings is 1. The number of pyridine rings is 2. The van der Waals surface area contributed by atoms with Crippen LogP contribution in [0.1, 0.15) is 48.5 Å². The highest BCUT2D eigenvalue weighted by molar-refractivity contribution is 7.92. The van der Waals surface area contributed by atoms with Gasteiger partial charge in [0.1, 0.15) is 11.6 Å². The third-order valence-electron chi connectivity index (χ3n) is 5.68. The highest BCUT2D eigenvalue weighted by atomic mass is 32.2. The molecule has 1 aliphatic carbocycles. The fraction of sp³-hybridized carbons (Fsp3) is 0.320. The molecule has 2 aromatic heterocycles. The van der Waals surface area contributed by atoms with Crippen LogP contribution >= 0.6 is 0 Å². The Hall–Kier alpha value is -3.77. The molecule has 1 aliphatic rings. The molecular weight excluding hydrogens is 499 g/mol. The number of carbonyl (C=O) groups excluding carboxylic acids is 1. The summed E-state index contributed by atoms with van der Waals surface area (Å²) >= 11 is 0. The maximum absolute atomic E-state index is 13.6. The number of hydroxylamine groups is 1. The fourth-order valence-electron chi connectivity index (χ4n) is 3.55. The van der Waals surface area contributed by atoms with E-state index in [9.17, 15) is 17.6 Å². The summed E-state index contributed by atoms with van der Waals surface area (Å²) in [6, 6.07) is 11.4. The largest absolute Gasteiger partial charge is 0.353 e. The van der Waals surface area contributed by atoms with Crippen LogP contribution in [0.25, 0.3) is 0 Å². The van der Waals surface area contributed by atoms with Crippen LogP contribution in [-0.2, 0) is 14.9 Å². The number of sulfonamides is 1. The Bertz CT molecular complexity index is 1410. The van der Waals surface area contributed by atoms with Gasteiger partial charge < -0.3 is 10.6 Å². The lowest BCUT2D eigenvalue weighted by Crippen LogP contribution is -2.28. The second-order valence-electron chi connectivity index (χ2n) is 9.09. The Morgan fingerprint density at radius 2 is 1.86 bits per heavy atom. The van der Waals surface area contributed by atoms with Gasteiger partial charge in [-0.2, -0.15) is 4.39 Å². The van der Waals surface area contributed by atoms with Crippen molar-refractivity contribution in [2.75, 3.05) is 28.2 Å². The van der Waals surface area contributed by atoms with Crippen molar-refractivity contribution >= 4 is 44.6 Å². The van der Waals surface area contributed by atoms with Crippen molar-refractivity contribution in [2.24, 2.45) is 0 Å². The second-order valence-corrected chi connectivity index (χ2v) is 11.1. The standard InChI is InChI=1S/C25H29FN6O4S/c1-15(2)36-31-25(33)18-14-27-24(30-23-7-5-6-22(26)29-23)13-20(18)28-19-11-10-17(16-8-9-16)12-21(19)32(3)37(4,34)35/h5-7,10-16H,8-9H2,1-4H3,(H,31,33)(H2,27,28,29,30). The predicted octanol–water partition coefficient (Wildman–Crippen LogP) is 4.45. The summed E-state index contributed by atoms with van der Waals surface area (Å²) in [5, 5.41) is 6.10. The van der Waals surface area contributed by atoms with Gasteiger partial charge in [-0.25, -0.2) is 23.9 Å². The zero-order valence-corrected chi connectivity index (χ0v) is 21.8. The molecule has 4 rings (SSSR count). The van der Waals surface area contributed by atoms with E-state index in [1.54, 1.807) is 32.0 Å². The first-order chi connectivity index (χ1) is 17.5. The molecule has 1 aromatic carbocycles. The lowest BCUT2D eigenvalue weighted by molar-refractivity contribution is 0.000223. The number of amides is 1. The average molecular weight is 529 g/mol. The van der Waals surface area contributed by atoms with Crippen molar-refractivity contribution in [3.05, 3.63) is 65.7 Å². The van der Waals surface area contributed by atoms with Gasteiger partial charge in [-0.15, -0.1) is 0 Å². The highest BCUT2D eigenvalue weighted by Gasteiger charge is 2.26. The molecule has 0 radical (unpaired) electrons. The molecule has 0 aliphatic heterocycles. The Morgan fingerprint density at radius 3 is 2.51 bits per heavy atom. The van der Waals surface area contributed by atoms with E-state index < -0.39 is 21.9 Å². The summed E-state index contributed by atoms with van der Waals surface area (Å²) in [6.45, 7) is 3.54. The number of hydrogen-bond acceptors (Lipinski definition) is 8. The van der Waals surface area contributed by atoms with Gasteiger partial charge in [0, 0.05) is 19.3 Å². The van der Waals surface area contributed by atoms with Gasteiger partial charge >= 0.3 is 0 Å². The number of aromatic nitrogens is 2. The molecule has 0 unspecified atom stereocenters. The monoisotopic (exact) mass is 528 g/mol. The van der Waals surface area contributed by atoms with Crippen LogP contribution in [0.3, 0.4) is 0 Å². The summed E-state index contributed by atoms with van der Waals surface area (Å²) in [5.41, 5.74) is 4.82. The Labute approximate surface area is 215 Å². The van der Waals surface area contributed by atoms with Crippen LogP contribution in [0.5, 0.6) is 0 Å². The summed E-state index contributed by atoms with van der Waals surface area (Å²) in [7, 11) is -2.09. The van der Waals surface area contributed by atoms with Crippen LogP contribution in [-0.4, -0.2) is 43.7 Å². The zero-order chi connectivity index (χ0) is 26.7. The van der Waals surface area contributed by atoms with Crippen molar-refractivity contribution in [3.63, 3.8) is 0 Å². The van der Waals surface area contributed by atoms with E-state index in [0.29, 0.717) is 23.0 Å². The van der Waals surface area contributed by atoms with E-state index in [4.69, 9.17) is 4.84 Å². The lowest BCUT2D eigenvalue weighted by atomic mass is 10.1. The molecule has 1 amide bonds. The number of carbonyl (C=O) groups is 1. The molecule has 1 fully saturated rings. The van der Waals surface area contributed by atoms with Gasteiger partial charge in [0.05, 0.1) is 35.0 Å². The van der Waals surface area contributed by atoms with Gasteiger partial charge in [0.15, 0.2) is 0 Å². The number of halogens is 1. The van der Waals surface area contributed by atoms with Crippen molar-refractivity contribution in [2.45, 2.75) is 38.7 Å². The van der Waals surface area contributed by atoms with Gasteiger partial charge in [-0.05, 0) is 62.4 Å². The van der Waals surface area contributed by atoms with Crippen molar-refractivity contribution in [1.29, 1.82) is 0 Å². The number of hydrogen-bond donors (Lipinski definition) is 3. The van der Waals surface area contributed by atoms with Gasteiger partial charge in [0.25, 0.3) is 5.91 Å². The van der Waals surface area contributed by atoms with Crippen LogP contribution in [0.15, 0.2) is 48.7 Å². The first kappa shape index (κ1) is 26.3. The smallest absolute Gasteiger partial charge is 0.278 e. The van der Waals surface area contributed by atoms with E-state index in [2.05, 4.69) is 26.1 Å². The van der Waals surface area contributed by atoms with Crippen molar-refractivity contribution in [1.82, 2.24) is 15.4 Å². The quantitative estimate of drug-likeness (QED) is 0.260. The minimum absolute atomic E-state index is 0.151. The van der Waals surface area contributed by atoms with E-state index in [1.165, 1.54) is 29.7 Å². The Morgan fingerprint density at radius 1 is 1.11 bits per heavy atom. The van der Waals surface area contributed by atoms with E-state index in [1.807, 2.05) is 12.1 Å². The molecule has 0 saturated heterocycles. The van der Waals surface area contributed by atoms with Gasteiger partial charge in [0.2, 0.25) is 16.0 Å². The van der Waals surface area contributed by atoms with Crippen molar-refractivity contribution < 1.29 is 22.4 Å². The maximum Gasteiger partial charge on any atom is 0.278 e. The molecule has 0 spiro atoms. The number of nitrogens with one attached hydrogen (secondary N) is 3. The number of nitrogens with zero attached hydrogens (tertiary/aromatic N) is 3. The lowest BCUT2D eigenvalue weighted by Gasteiger charge is -2.23. The average Bonchev–Trinajstić information content (AvgIpc) is 3.67. The fourth-order valence-corrected chi connectivity index (χ4v) is 4.06. The molecule has 3 N–H and O–H groups in total. The second kappa shape index (κ2) is 10.7. The SMILES string of the molecule is CC(C)ONC(=O)c1cnc(Nc2cccc(F)n2)cc1Nc1ccc(C2CC2)cc1N(C)S(C)(=O)=O. The van der Waals surface area contributed by atoms with Crippen LogP contribution in [0.4, 0.5) is 33.1 Å². The third-order valence-corrected chi connectivity index (χ3v) is 6.88. The molecule has 37 heavy (non-hydrogen) atoms. The number of rotatable bonds is 10.